The monoisotopic (exact) mass is 293 g/mol. The molecule has 4 nitrogen and oxygen atoms in total. The van der Waals surface area contributed by atoms with Gasteiger partial charge in [0.15, 0.2) is 0 Å². The normalized spacial score (nSPS) is 12.6. The minimum atomic E-state index is 0.324. The van der Waals surface area contributed by atoms with Gasteiger partial charge in [0.05, 0.1) is 5.69 Å². The Hall–Kier alpha value is -1.16. The van der Waals surface area contributed by atoms with Crippen molar-refractivity contribution in [1.29, 1.82) is 0 Å². The van der Waals surface area contributed by atoms with Crippen LogP contribution in [0, 0.1) is 5.92 Å². The molecule has 0 aliphatic rings. The molecule has 0 fully saturated rings. The smallest absolute Gasteiger partial charge is 0.138 e. The SMILES string of the molecule is CCCC(CCN)CCC(=O)Cc1cc(CC)nn1CC. The largest absolute Gasteiger partial charge is 0.330 e. The highest BCUT2D eigenvalue weighted by molar-refractivity contribution is 5.80. The van der Waals surface area contributed by atoms with E-state index >= 15 is 0 Å². The summed E-state index contributed by atoms with van der Waals surface area (Å²) < 4.78 is 1.96. The van der Waals surface area contributed by atoms with Gasteiger partial charge in [0.2, 0.25) is 0 Å². The lowest BCUT2D eigenvalue weighted by Gasteiger charge is -2.14. The van der Waals surface area contributed by atoms with E-state index in [0.717, 1.165) is 43.7 Å². The predicted molar refractivity (Wildman–Crippen MR) is 87.3 cm³/mol. The number of carbonyl (C=O) groups is 1. The van der Waals surface area contributed by atoms with E-state index in [2.05, 4.69) is 31.9 Å². The number of Topliss-reactive ketones (excluding diaryl/α,β-unsaturated/α-hetero) is 1. The van der Waals surface area contributed by atoms with Gasteiger partial charge in [-0.15, -0.1) is 0 Å². The number of aromatic nitrogens is 2. The van der Waals surface area contributed by atoms with E-state index in [0.29, 0.717) is 24.5 Å². The molecular weight excluding hydrogens is 262 g/mol. The molecule has 1 rings (SSSR count). The van der Waals surface area contributed by atoms with Crippen molar-refractivity contribution in [2.24, 2.45) is 11.7 Å². The van der Waals surface area contributed by atoms with Crippen LogP contribution in [0.1, 0.15) is 64.3 Å². The fourth-order valence-electron chi connectivity index (χ4n) is 2.84. The second-order valence-electron chi connectivity index (χ2n) is 5.78. The lowest BCUT2D eigenvalue weighted by Crippen LogP contribution is -2.13. The van der Waals surface area contributed by atoms with E-state index in [1.54, 1.807) is 0 Å². The first-order valence-corrected chi connectivity index (χ1v) is 8.41. The van der Waals surface area contributed by atoms with Gasteiger partial charge in [0.25, 0.3) is 0 Å². The number of ketones is 1. The Morgan fingerprint density at radius 2 is 2.05 bits per heavy atom. The number of nitrogens with two attached hydrogens (primary N) is 1. The van der Waals surface area contributed by atoms with Gasteiger partial charge in [-0.05, 0) is 44.7 Å². The van der Waals surface area contributed by atoms with E-state index in [1.807, 2.05) is 4.68 Å². The lowest BCUT2D eigenvalue weighted by molar-refractivity contribution is -0.118. The average Bonchev–Trinajstić information content (AvgIpc) is 2.87. The summed E-state index contributed by atoms with van der Waals surface area (Å²) >= 11 is 0. The summed E-state index contributed by atoms with van der Waals surface area (Å²) in [4.78, 5) is 12.2. The average molecular weight is 293 g/mol. The molecule has 0 spiro atoms. The first-order valence-electron chi connectivity index (χ1n) is 8.41. The molecular formula is C17H31N3O. The highest BCUT2D eigenvalue weighted by Crippen LogP contribution is 2.18. The van der Waals surface area contributed by atoms with Crippen molar-refractivity contribution in [3.05, 3.63) is 17.5 Å². The van der Waals surface area contributed by atoms with Gasteiger partial charge in [-0.3, -0.25) is 9.48 Å². The van der Waals surface area contributed by atoms with Gasteiger partial charge in [-0.1, -0.05) is 26.7 Å². The Balaban J connectivity index is 2.51. The molecule has 1 aromatic heterocycles. The molecule has 120 valence electrons. The van der Waals surface area contributed by atoms with Crippen molar-refractivity contribution in [2.45, 2.75) is 72.3 Å². The van der Waals surface area contributed by atoms with E-state index < -0.39 is 0 Å². The zero-order chi connectivity index (χ0) is 15.7. The molecule has 0 aliphatic carbocycles. The molecule has 0 radical (unpaired) electrons. The van der Waals surface area contributed by atoms with Crippen LogP contribution in [-0.4, -0.2) is 22.1 Å². The Morgan fingerprint density at radius 1 is 1.29 bits per heavy atom. The highest BCUT2D eigenvalue weighted by Gasteiger charge is 2.13. The molecule has 2 N–H and O–H groups in total. The standard InChI is InChI=1S/C17H31N3O/c1-4-7-14(10-11-18)8-9-17(21)13-16-12-15(5-2)19-20(16)6-3/h12,14H,4-11,13,18H2,1-3H3. The van der Waals surface area contributed by atoms with Gasteiger partial charge < -0.3 is 5.73 Å². The molecule has 0 saturated carbocycles. The van der Waals surface area contributed by atoms with E-state index in [9.17, 15) is 4.79 Å². The number of aryl methyl sites for hydroxylation is 2. The number of hydrogen-bond donors (Lipinski definition) is 1. The Kier molecular flexibility index (Phi) is 8.28. The maximum absolute atomic E-state index is 12.2. The quantitative estimate of drug-likeness (QED) is 0.682. The number of carbonyl (C=O) groups excluding carboxylic acids is 1. The number of rotatable bonds is 11. The molecule has 0 saturated heterocycles. The predicted octanol–water partition coefficient (Wildman–Crippen LogP) is 3.12. The first kappa shape index (κ1) is 17.9. The van der Waals surface area contributed by atoms with Crippen molar-refractivity contribution in [3.63, 3.8) is 0 Å². The first-order chi connectivity index (χ1) is 10.1. The second-order valence-corrected chi connectivity index (χ2v) is 5.78. The molecule has 1 heterocycles. The Labute approximate surface area is 129 Å². The van der Waals surface area contributed by atoms with Crippen LogP contribution in [-0.2, 0) is 24.2 Å². The fraction of sp³-hybridized carbons (Fsp3) is 0.765. The van der Waals surface area contributed by atoms with Crippen LogP contribution in [0.25, 0.3) is 0 Å². The number of hydrogen-bond acceptors (Lipinski definition) is 3. The summed E-state index contributed by atoms with van der Waals surface area (Å²) in [6, 6.07) is 2.07. The van der Waals surface area contributed by atoms with Crippen LogP contribution in [0.15, 0.2) is 6.07 Å². The van der Waals surface area contributed by atoms with Crippen molar-refractivity contribution < 1.29 is 4.79 Å². The molecule has 1 unspecified atom stereocenters. The maximum Gasteiger partial charge on any atom is 0.138 e. The van der Waals surface area contributed by atoms with Crippen LogP contribution < -0.4 is 5.73 Å². The Morgan fingerprint density at radius 3 is 2.62 bits per heavy atom. The van der Waals surface area contributed by atoms with Crippen LogP contribution >= 0.6 is 0 Å². The van der Waals surface area contributed by atoms with E-state index in [1.165, 1.54) is 12.8 Å². The van der Waals surface area contributed by atoms with E-state index in [4.69, 9.17) is 5.73 Å². The summed E-state index contributed by atoms with van der Waals surface area (Å²) in [6.07, 6.45) is 6.46. The highest BCUT2D eigenvalue weighted by atomic mass is 16.1. The maximum atomic E-state index is 12.2. The zero-order valence-corrected chi connectivity index (χ0v) is 13.9. The molecule has 21 heavy (non-hydrogen) atoms. The summed E-state index contributed by atoms with van der Waals surface area (Å²) in [6.45, 7) is 7.90. The summed E-state index contributed by atoms with van der Waals surface area (Å²) in [5, 5.41) is 4.50. The fourth-order valence-corrected chi connectivity index (χ4v) is 2.84. The zero-order valence-electron chi connectivity index (χ0n) is 13.9. The van der Waals surface area contributed by atoms with E-state index in [-0.39, 0.29) is 0 Å². The Bertz CT molecular complexity index is 420. The van der Waals surface area contributed by atoms with Gasteiger partial charge in [-0.25, -0.2) is 0 Å². The second kappa shape index (κ2) is 9.72. The molecule has 4 heteroatoms. The number of nitrogens with zero attached hydrogens (tertiary/aromatic N) is 2. The third kappa shape index (κ3) is 6.00. The third-order valence-corrected chi connectivity index (χ3v) is 4.06. The molecule has 0 amide bonds. The summed E-state index contributed by atoms with van der Waals surface area (Å²) in [7, 11) is 0. The van der Waals surface area contributed by atoms with Gasteiger partial charge in [-0.2, -0.15) is 5.10 Å². The molecule has 0 aromatic carbocycles. The molecule has 0 aliphatic heterocycles. The van der Waals surface area contributed by atoms with Crippen molar-refractivity contribution in [1.82, 2.24) is 9.78 Å². The van der Waals surface area contributed by atoms with Gasteiger partial charge in [0.1, 0.15) is 5.78 Å². The molecule has 1 aromatic rings. The minimum Gasteiger partial charge on any atom is -0.330 e. The van der Waals surface area contributed by atoms with Gasteiger partial charge >= 0.3 is 0 Å². The summed E-state index contributed by atoms with van der Waals surface area (Å²) in [5.41, 5.74) is 7.79. The van der Waals surface area contributed by atoms with Crippen LogP contribution in [0.2, 0.25) is 0 Å². The van der Waals surface area contributed by atoms with Crippen molar-refractivity contribution in [3.8, 4) is 0 Å². The topological polar surface area (TPSA) is 60.9 Å². The van der Waals surface area contributed by atoms with Gasteiger partial charge in [0, 0.05) is 25.1 Å². The van der Waals surface area contributed by atoms with Crippen LogP contribution in [0.5, 0.6) is 0 Å². The van der Waals surface area contributed by atoms with Crippen molar-refractivity contribution in [2.75, 3.05) is 6.54 Å². The van der Waals surface area contributed by atoms with Crippen molar-refractivity contribution >= 4 is 5.78 Å². The third-order valence-electron chi connectivity index (χ3n) is 4.06. The minimum absolute atomic E-state index is 0.324. The van der Waals surface area contributed by atoms with Crippen LogP contribution in [0.4, 0.5) is 0 Å². The summed E-state index contributed by atoms with van der Waals surface area (Å²) in [5.74, 6) is 0.927. The molecule has 0 bridgehead atoms. The molecule has 1 atom stereocenters. The van der Waals surface area contributed by atoms with Crippen LogP contribution in [0.3, 0.4) is 0 Å². The lowest BCUT2D eigenvalue weighted by atomic mass is 9.93.